The summed E-state index contributed by atoms with van der Waals surface area (Å²) in [5.74, 6) is -1.08. The first-order valence-electron chi connectivity index (χ1n) is 17.8. The van der Waals surface area contributed by atoms with Gasteiger partial charge in [-0.3, -0.25) is 4.90 Å². The molecule has 256 valence electrons. The molecule has 0 bridgehead atoms. The van der Waals surface area contributed by atoms with Gasteiger partial charge in [-0.1, -0.05) is 117 Å². The Bertz CT molecular complexity index is 641. The summed E-state index contributed by atoms with van der Waals surface area (Å²) in [6.07, 6.45) is 21.3. The molecule has 0 rings (SSSR count). The van der Waals surface area contributed by atoms with Crippen LogP contribution in [0.1, 0.15) is 169 Å². The van der Waals surface area contributed by atoms with Gasteiger partial charge < -0.3 is 25.4 Å². The number of alkyl carbamates (subject to hydrolysis) is 1. The van der Waals surface area contributed by atoms with Crippen molar-refractivity contribution in [2.24, 2.45) is 0 Å². The third-order valence-corrected chi connectivity index (χ3v) is 7.93. The summed E-state index contributed by atoms with van der Waals surface area (Å²) in [6, 6.07) is -1.01. The largest absolute Gasteiger partial charge is 0.480 e. The van der Waals surface area contributed by atoms with E-state index in [0.717, 1.165) is 44.9 Å². The van der Waals surface area contributed by atoms with Crippen molar-refractivity contribution in [3.05, 3.63) is 0 Å². The van der Waals surface area contributed by atoms with Crippen molar-refractivity contribution in [1.82, 2.24) is 10.2 Å². The summed E-state index contributed by atoms with van der Waals surface area (Å²) in [5, 5.41) is 33.6. The van der Waals surface area contributed by atoms with E-state index in [1.165, 1.54) is 77.0 Å². The van der Waals surface area contributed by atoms with Crippen LogP contribution in [0, 0.1) is 0 Å². The number of nitrogens with one attached hydrogen (secondary N) is 1. The van der Waals surface area contributed by atoms with Crippen LogP contribution >= 0.6 is 0 Å². The van der Waals surface area contributed by atoms with Gasteiger partial charge in [-0.15, -0.1) is 0 Å². The fourth-order valence-electron chi connectivity index (χ4n) is 5.45. The summed E-state index contributed by atoms with van der Waals surface area (Å²) in [4.78, 5) is 25.9. The highest BCUT2D eigenvalue weighted by atomic mass is 16.6. The zero-order chi connectivity index (χ0) is 32.3. The maximum absolute atomic E-state index is 12.1. The lowest BCUT2D eigenvalue weighted by molar-refractivity contribution is -0.139. The van der Waals surface area contributed by atoms with E-state index >= 15 is 0 Å². The zero-order valence-corrected chi connectivity index (χ0v) is 28.7. The van der Waals surface area contributed by atoms with Crippen LogP contribution in [0.15, 0.2) is 0 Å². The first kappa shape index (κ1) is 41.6. The van der Waals surface area contributed by atoms with Gasteiger partial charge in [-0.2, -0.15) is 0 Å². The summed E-state index contributed by atoms with van der Waals surface area (Å²) in [5.41, 5.74) is -0.696. The number of aliphatic hydroxyl groups is 2. The number of aliphatic carboxylic acids is 1. The SMILES string of the molecule is CCCCCCCCCC[C@@H](O)CN(CCCCC(NC(=O)OC(C)(C)C)C(=O)O)C[C@H](O)CCCCCCCCCC. The molecule has 1 amide bonds. The molecule has 0 fully saturated rings. The Kier molecular flexibility index (Phi) is 26.1. The highest BCUT2D eigenvalue weighted by Crippen LogP contribution is 2.15. The van der Waals surface area contributed by atoms with Crippen LogP contribution in [-0.2, 0) is 9.53 Å². The van der Waals surface area contributed by atoms with Crippen molar-refractivity contribution in [1.29, 1.82) is 0 Å². The van der Waals surface area contributed by atoms with Gasteiger partial charge in [0.15, 0.2) is 0 Å². The van der Waals surface area contributed by atoms with Gasteiger partial charge in [0.1, 0.15) is 11.6 Å². The lowest BCUT2D eigenvalue weighted by Gasteiger charge is -2.28. The van der Waals surface area contributed by atoms with Crippen molar-refractivity contribution in [3.8, 4) is 0 Å². The van der Waals surface area contributed by atoms with Crippen LogP contribution in [0.5, 0.6) is 0 Å². The number of ether oxygens (including phenoxy) is 1. The van der Waals surface area contributed by atoms with E-state index in [0.29, 0.717) is 32.5 Å². The fourth-order valence-corrected chi connectivity index (χ4v) is 5.45. The molecule has 0 aromatic rings. The Labute approximate surface area is 264 Å². The predicted octanol–water partition coefficient (Wildman–Crippen LogP) is 8.22. The highest BCUT2D eigenvalue weighted by Gasteiger charge is 2.24. The molecular formula is C35H70N2O6. The Morgan fingerprint density at radius 3 is 1.44 bits per heavy atom. The number of carbonyl (C=O) groups is 2. The van der Waals surface area contributed by atoms with Crippen LogP contribution in [0.4, 0.5) is 4.79 Å². The average Bonchev–Trinajstić information content (AvgIpc) is 2.92. The zero-order valence-electron chi connectivity index (χ0n) is 28.7. The first-order chi connectivity index (χ1) is 20.5. The molecule has 1 unspecified atom stereocenters. The van der Waals surface area contributed by atoms with Crippen molar-refractivity contribution in [2.45, 2.75) is 193 Å². The second-order valence-corrected chi connectivity index (χ2v) is 13.6. The number of hydrogen-bond donors (Lipinski definition) is 4. The van der Waals surface area contributed by atoms with Gasteiger partial charge >= 0.3 is 12.1 Å². The molecule has 0 aliphatic carbocycles. The number of carboxylic acids is 1. The first-order valence-corrected chi connectivity index (χ1v) is 17.8. The van der Waals surface area contributed by atoms with E-state index in [2.05, 4.69) is 24.1 Å². The number of hydrogen-bond acceptors (Lipinski definition) is 6. The van der Waals surface area contributed by atoms with E-state index in [1.807, 2.05) is 0 Å². The van der Waals surface area contributed by atoms with Gasteiger partial charge in [-0.05, 0) is 59.4 Å². The number of carboxylic acid groups (broad SMARTS) is 1. The molecule has 0 saturated heterocycles. The number of aliphatic hydroxyl groups excluding tert-OH is 2. The molecule has 0 aliphatic rings. The third-order valence-electron chi connectivity index (χ3n) is 7.93. The highest BCUT2D eigenvalue weighted by molar-refractivity contribution is 5.79. The molecule has 4 N–H and O–H groups in total. The maximum atomic E-state index is 12.1. The summed E-state index contributed by atoms with van der Waals surface area (Å²) in [7, 11) is 0. The van der Waals surface area contributed by atoms with Crippen LogP contribution in [-0.4, -0.2) is 75.8 Å². The minimum Gasteiger partial charge on any atom is -0.480 e. The number of nitrogens with zero attached hydrogens (tertiary/aromatic N) is 1. The molecule has 0 heterocycles. The molecule has 0 aromatic carbocycles. The average molecular weight is 615 g/mol. The maximum Gasteiger partial charge on any atom is 0.408 e. The smallest absolute Gasteiger partial charge is 0.408 e. The summed E-state index contributed by atoms with van der Waals surface area (Å²) < 4.78 is 5.21. The van der Waals surface area contributed by atoms with Crippen LogP contribution in [0.25, 0.3) is 0 Å². The molecule has 3 atom stereocenters. The Hall–Kier alpha value is -1.38. The van der Waals surface area contributed by atoms with Gasteiger partial charge in [0.2, 0.25) is 0 Å². The molecule has 0 saturated carbocycles. The van der Waals surface area contributed by atoms with Crippen molar-refractivity contribution in [3.63, 3.8) is 0 Å². The van der Waals surface area contributed by atoms with Crippen LogP contribution in [0.3, 0.4) is 0 Å². The molecule has 8 heteroatoms. The van der Waals surface area contributed by atoms with Crippen molar-refractivity contribution in [2.75, 3.05) is 19.6 Å². The lowest BCUT2D eigenvalue weighted by atomic mass is 10.0. The lowest BCUT2D eigenvalue weighted by Crippen LogP contribution is -2.43. The number of rotatable bonds is 29. The van der Waals surface area contributed by atoms with Gasteiger partial charge in [-0.25, -0.2) is 9.59 Å². The number of amides is 1. The Morgan fingerprint density at radius 1 is 0.651 bits per heavy atom. The van der Waals surface area contributed by atoms with E-state index in [4.69, 9.17) is 4.74 Å². The van der Waals surface area contributed by atoms with Crippen LogP contribution in [0.2, 0.25) is 0 Å². The Morgan fingerprint density at radius 2 is 1.05 bits per heavy atom. The molecule has 8 nitrogen and oxygen atoms in total. The summed E-state index contributed by atoms with van der Waals surface area (Å²) >= 11 is 0. The van der Waals surface area contributed by atoms with Crippen molar-refractivity contribution >= 4 is 12.1 Å². The van der Waals surface area contributed by atoms with Gasteiger partial charge in [0, 0.05) is 13.1 Å². The molecule has 0 aliphatic heterocycles. The van der Waals surface area contributed by atoms with E-state index < -0.39 is 35.9 Å². The summed E-state index contributed by atoms with van der Waals surface area (Å²) in [6.45, 7) is 11.4. The topological polar surface area (TPSA) is 119 Å². The molecular weight excluding hydrogens is 544 g/mol. The van der Waals surface area contributed by atoms with E-state index in [-0.39, 0.29) is 0 Å². The molecule has 0 aromatic heterocycles. The molecule has 0 radical (unpaired) electrons. The molecule has 43 heavy (non-hydrogen) atoms. The van der Waals surface area contributed by atoms with Crippen molar-refractivity contribution < 1.29 is 29.6 Å². The second kappa shape index (κ2) is 27.0. The standard InChI is InChI=1S/C35H70N2O6/c1-6-8-10-12-14-16-18-20-24-30(38)28-37(29-31(39)25-21-19-17-15-13-11-9-7-2)27-23-22-26-32(33(40)41)36-34(42)43-35(3,4)5/h30-32,38-39H,6-29H2,1-5H3,(H,36,42)(H,40,41)/t30-,31-,32?/m1/s1. The second-order valence-electron chi connectivity index (χ2n) is 13.6. The van der Waals surface area contributed by atoms with Gasteiger partial charge in [0.05, 0.1) is 12.2 Å². The van der Waals surface area contributed by atoms with E-state index in [1.54, 1.807) is 20.8 Å². The monoisotopic (exact) mass is 615 g/mol. The normalized spacial score (nSPS) is 14.0. The number of unbranched alkanes of at least 4 members (excludes halogenated alkanes) is 15. The Balaban J connectivity index is 4.67. The predicted molar refractivity (Wildman–Crippen MR) is 178 cm³/mol. The van der Waals surface area contributed by atoms with Gasteiger partial charge in [0.25, 0.3) is 0 Å². The van der Waals surface area contributed by atoms with E-state index in [9.17, 15) is 24.9 Å². The van der Waals surface area contributed by atoms with Crippen LogP contribution < -0.4 is 5.32 Å². The molecule has 0 spiro atoms. The quantitative estimate of drug-likeness (QED) is 0.0627. The minimum atomic E-state index is -1.08. The number of carbonyl (C=O) groups excluding carboxylic acids is 1. The minimum absolute atomic E-state index is 0.296. The third kappa shape index (κ3) is 27.9. The fraction of sp³-hybridized carbons (Fsp3) is 0.943.